The van der Waals surface area contributed by atoms with E-state index in [0.717, 1.165) is 34.7 Å². The van der Waals surface area contributed by atoms with Crippen molar-refractivity contribution >= 4 is 44.4 Å². The molecule has 4 rings (SSSR count). The number of anilines is 2. The maximum atomic E-state index is 12.2. The molecule has 2 aromatic heterocycles. The molecule has 0 unspecified atom stereocenters. The summed E-state index contributed by atoms with van der Waals surface area (Å²) in [6, 6.07) is 7.59. The smallest absolute Gasteiger partial charge is 0.265 e. The number of carbonyl (C=O) groups excluding carboxylic acids is 1. The Hall–Kier alpha value is -2.68. The van der Waals surface area contributed by atoms with Crippen molar-refractivity contribution in [3.8, 4) is 5.75 Å². The normalized spacial score (nSPS) is 13.6. The number of benzene rings is 1. The molecule has 0 aliphatic carbocycles. The van der Waals surface area contributed by atoms with Crippen molar-refractivity contribution in [1.29, 1.82) is 0 Å². The van der Waals surface area contributed by atoms with E-state index in [9.17, 15) is 4.79 Å². The van der Waals surface area contributed by atoms with E-state index in [1.165, 1.54) is 6.33 Å². The van der Waals surface area contributed by atoms with E-state index in [1.54, 1.807) is 9.58 Å². The van der Waals surface area contributed by atoms with Crippen molar-refractivity contribution in [2.24, 2.45) is 7.05 Å². The van der Waals surface area contributed by atoms with Crippen LogP contribution in [0, 0.1) is 0 Å². The fourth-order valence-electron chi connectivity index (χ4n) is 3.02. The number of nitrogens with zero attached hydrogens (tertiary/aromatic N) is 5. The molecule has 0 atom stereocenters. The Balaban J connectivity index is 1.43. The predicted octanol–water partition coefficient (Wildman–Crippen LogP) is 2.35. The van der Waals surface area contributed by atoms with Gasteiger partial charge in [0.1, 0.15) is 22.5 Å². The number of nitrogens with one attached hydrogen (secondary N) is 1. The van der Waals surface area contributed by atoms with Crippen molar-refractivity contribution in [3.63, 3.8) is 0 Å². The Morgan fingerprint density at radius 1 is 1.31 bits per heavy atom. The lowest BCUT2D eigenvalue weighted by molar-refractivity contribution is -0.121. The zero-order valence-electron chi connectivity index (χ0n) is 14.1. The molecule has 3 aromatic rings. The van der Waals surface area contributed by atoms with Gasteiger partial charge in [-0.2, -0.15) is 5.10 Å². The number of carbonyl (C=O) groups is 1. The zero-order valence-corrected chi connectivity index (χ0v) is 15.7. The van der Waals surface area contributed by atoms with Crippen molar-refractivity contribution in [2.45, 2.75) is 6.42 Å². The molecule has 3 heterocycles. The average molecular weight is 417 g/mol. The van der Waals surface area contributed by atoms with Crippen LogP contribution in [0.25, 0.3) is 11.0 Å². The van der Waals surface area contributed by atoms with Gasteiger partial charge in [-0.1, -0.05) is 12.1 Å². The van der Waals surface area contributed by atoms with Gasteiger partial charge < -0.3 is 15.0 Å². The minimum Gasteiger partial charge on any atom is -0.482 e. The molecule has 0 saturated heterocycles. The molecule has 9 heteroatoms. The molecule has 26 heavy (non-hydrogen) atoms. The lowest BCUT2D eigenvalue weighted by atomic mass is 10.2. The second kappa shape index (κ2) is 6.91. The van der Waals surface area contributed by atoms with Crippen LogP contribution < -0.4 is 15.0 Å². The average Bonchev–Trinajstić information content (AvgIpc) is 2.95. The van der Waals surface area contributed by atoms with Gasteiger partial charge in [-0.25, -0.2) is 14.6 Å². The quantitative estimate of drug-likeness (QED) is 0.642. The first kappa shape index (κ1) is 16.8. The van der Waals surface area contributed by atoms with Crippen LogP contribution in [0.5, 0.6) is 5.75 Å². The fraction of sp³-hybridized carbons (Fsp3) is 0.294. The maximum absolute atomic E-state index is 12.2. The number of rotatable bonds is 5. The number of hydrogen-bond donors (Lipinski definition) is 1. The van der Waals surface area contributed by atoms with Gasteiger partial charge in [0.05, 0.1) is 11.1 Å². The van der Waals surface area contributed by atoms with Crippen LogP contribution in [0.3, 0.4) is 0 Å². The van der Waals surface area contributed by atoms with Gasteiger partial charge in [0, 0.05) is 20.1 Å². The molecule has 0 spiro atoms. The summed E-state index contributed by atoms with van der Waals surface area (Å²) in [4.78, 5) is 22.5. The first-order valence-corrected chi connectivity index (χ1v) is 9.03. The number of para-hydroxylation sites is 2. The number of fused-ring (bicyclic) bond motifs is 2. The highest BCUT2D eigenvalue weighted by molar-refractivity contribution is 9.10. The third kappa shape index (κ3) is 2.98. The minimum absolute atomic E-state index is 0.0249. The Morgan fingerprint density at radius 3 is 3.04 bits per heavy atom. The van der Waals surface area contributed by atoms with Gasteiger partial charge in [-0.05, 0) is 34.5 Å². The fourth-order valence-corrected chi connectivity index (χ4v) is 3.62. The summed E-state index contributed by atoms with van der Waals surface area (Å²) in [7, 11) is 1.84. The topological polar surface area (TPSA) is 85.2 Å². The van der Waals surface area contributed by atoms with E-state index in [0.29, 0.717) is 17.7 Å². The highest BCUT2D eigenvalue weighted by Crippen LogP contribution is 2.31. The monoisotopic (exact) mass is 416 g/mol. The number of halogens is 1. The molecule has 1 amide bonds. The van der Waals surface area contributed by atoms with Gasteiger partial charge in [-0.3, -0.25) is 4.79 Å². The second-order valence-corrected chi connectivity index (χ2v) is 6.67. The molecule has 134 valence electrons. The van der Waals surface area contributed by atoms with E-state index in [-0.39, 0.29) is 12.5 Å². The zero-order chi connectivity index (χ0) is 18.1. The Bertz CT molecular complexity index is 973. The summed E-state index contributed by atoms with van der Waals surface area (Å²) in [5.74, 6) is 1.45. The van der Waals surface area contributed by atoms with E-state index >= 15 is 0 Å². The van der Waals surface area contributed by atoms with Crippen molar-refractivity contribution in [3.05, 3.63) is 35.2 Å². The Morgan fingerprint density at radius 2 is 2.15 bits per heavy atom. The van der Waals surface area contributed by atoms with Crippen LogP contribution >= 0.6 is 15.9 Å². The van der Waals surface area contributed by atoms with E-state index < -0.39 is 0 Å². The number of ether oxygens (including phenoxy) is 1. The number of aryl methyl sites for hydroxylation is 1. The SMILES string of the molecule is Cn1nc(Br)c2c(NCCCN3C(=O)COc4ccccc43)ncnc21. The molecule has 1 aliphatic rings. The Labute approximate surface area is 158 Å². The molecule has 1 aromatic carbocycles. The third-order valence-electron chi connectivity index (χ3n) is 4.24. The van der Waals surface area contributed by atoms with Crippen LogP contribution in [0.1, 0.15) is 6.42 Å². The Kier molecular flexibility index (Phi) is 4.46. The maximum Gasteiger partial charge on any atom is 0.265 e. The molecule has 1 aliphatic heterocycles. The molecule has 0 bridgehead atoms. The third-order valence-corrected chi connectivity index (χ3v) is 4.79. The van der Waals surface area contributed by atoms with Crippen molar-refractivity contribution < 1.29 is 9.53 Å². The van der Waals surface area contributed by atoms with E-state index in [4.69, 9.17) is 4.74 Å². The summed E-state index contributed by atoms with van der Waals surface area (Å²) in [5.41, 5.74) is 1.58. The lowest BCUT2D eigenvalue weighted by Gasteiger charge is -2.29. The molecule has 8 nitrogen and oxygen atoms in total. The predicted molar refractivity (Wildman–Crippen MR) is 101 cm³/mol. The lowest BCUT2D eigenvalue weighted by Crippen LogP contribution is -2.39. The summed E-state index contributed by atoms with van der Waals surface area (Å²) < 4.78 is 7.88. The molecular weight excluding hydrogens is 400 g/mol. The highest BCUT2D eigenvalue weighted by atomic mass is 79.9. The van der Waals surface area contributed by atoms with E-state index in [2.05, 4.69) is 36.3 Å². The van der Waals surface area contributed by atoms with Crippen LogP contribution in [-0.4, -0.2) is 45.4 Å². The highest BCUT2D eigenvalue weighted by Gasteiger charge is 2.24. The summed E-state index contributed by atoms with van der Waals surface area (Å²) in [6.45, 7) is 1.36. The van der Waals surface area contributed by atoms with Crippen molar-refractivity contribution in [2.75, 3.05) is 29.9 Å². The van der Waals surface area contributed by atoms with Crippen LogP contribution in [0.2, 0.25) is 0 Å². The van der Waals surface area contributed by atoms with Gasteiger partial charge in [-0.15, -0.1) is 0 Å². The van der Waals surface area contributed by atoms with Crippen molar-refractivity contribution in [1.82, 2.24) is 19.7 Å². The first-order valence-electron chi connectivity index (χ1n) is 8.24. The number of amides is 1. The van der Waals surface area contributed by atoms with Gasteiger partial charge in [0.15, 0.2) is 12.3 Å². The molecule has 1 N–H and O–H groups in total. The number of aromatic nitrogens is 4. The minimum atomic E-state index is -0.0249. The molecule has 0 radical (unpaired) electrons. The summed E-state index contributed by atoms with van der Waals surface area (Å²) in [5, 5.41) is 8.48. The van der Waals surface area contributed by atoms with Crippen LogP contribution in [0.15, 0.2) is 35.2 Å². The second-order valence-electron chi connectivity index (χ2n) is 5.92. The van der Waals surface area contributed by atoms with Crippen LogP contribution in [-0.2, 0) is 11.8 Å². The molecular formula is C17H17BrN6O2. The van der Waals surface area contributed by atoms with E-state index in [1.807, 2.05) is 31.3 Å². The van der Waals surface area contributed by atoms with Gasteiger partial charge >= 0.3 is 0 Å². The first-order chi connectivity index (χ1) is 12.6. The summed E-state index contributed by atoms with van der Waals surface area (Å²) >= 11 is 3.45. The van der Waals surface area contributed by atoms with Gasteiger partial charge in [0.2, 0.25) is 0 Å². The summed E-state index contributed by atoms with van der Waals surface area (Å²) in [6.07, 6.45) is 2.28. The molecule has 0 fully saturated rings. The van der Waals surface area contributed by atoms with Gasteiger partial charge in [0.25, 0.3) is 5.91 Å². The largest absolute Gasteiger partial charge is 0.482 e. The number of hydrogen-bond acceptors (Lipinski definition) is 6. The van der Waals surface area contributed by atoms with Crippen LogP contribution in [0.4, 0.5) is 11.5 Å². The molecule has 0 saturated carbocycles. The standard InChI is InChI=1S/C17H17BrN6O2/c1-23-17-14(15(18)22-23)16(20-10-21-17)19-7-4-8-24-11-5-2-3-6-12(11)26-9-13(24)25/h2-3,5-6,10H,4,7-9H2,1H3,(H,19,20,21).